The Bertz CT molecular complexity index is 607. The van der Waals surface area contributed by atoms with Gasteiger partial charge in [-0.05, 0) is 13.8 Å². The monoisotopic (exact) mass is 311 g/mol. The number of methoxy groups -OCH3 is 1. The number of thiazole rings is 2. The summed E-state index contributed by atoms with van der Waals surface area (Å²) in [7, 11) is 1.38. The number of carbonyl (C=O) groups is 1. The second-order valence-electron chi connectivity index (χ2n) is 4.53. The van der Waals surface area contributed by atoms with Gasteiger partial charge in [0.25, 0.3) is 0 Å². The predicted octanol–water partition coefficient (Wildman–Crippen LogP) is 3.22. The standard InChI is InChI=1S/C13H17N3O2S2/c1-7(11-15-8(2)6-19-11)5-14-13-16-9(3)10(20-13)12(17)18-4/h6-7H,5H2,1-4H3,(H,14,16). The van der Waals surface area contributed by atoms with E-state index in [9.17, 15) is 4.79 Å². The van der Waals surface area contributed by atoms with Gasteiger partial charge in [-0.25, -0.2) is 14.8 Å². The molecule has 0 radical (unpaired) electrons. The third-order valence-electron chi connectivity index (χ3n) is 2.79. The zero-order valence-corrected chi connectivity index (χ0v) is 13.5. The van der Waals surface area contributed by atoms with Crippen molar-refractivity contribution in [2.45, 2.75) is 26.7 Å². The maximum atomic E-state index is 11.5. The zero-order valence-electron chi connectivity index (χ0n) is 11.9. The molecule has 0 aromatic carbocycles. The minimum atomic E-state index is -0.336. The third kappa shape index (κ3) is 3.34. The van der Waals surface area contributed by atoms with Gasteiger partial charge in [0.15, 0.2) is 5.13 Å². The Morgan fingerprint density at radius 2 is 2.20 bits per heavy atom. The summed E-state index contributed by atoms with van der Waals surface area (Å²) in [6.07, 6.45) is 0. The molecule has 1 N–H and O–H groups in total. The molecule has 0 fully saturated rings. The Morgan fingerprint density at radius 1 is 1.45 bits per heavy atom. The molecule has 0 aliphatic carbocycles. The third-order valence-corrected chi connectivity index (χ3v) is 5.07. The molecule has 2 rings (SSSR count). The highest BCUT2D eigenvalue weighted by atomic mass is 32.1. The fourth-order valence-electron chi connectivity index (χ4n) is 1.68. The van der Waals surface area contributed by atoms with Gasteiger partial charge in [-0.15, -0.1) is 11.3 Å². The maximum Gasteiger partial charge on any atom is 0.350 e. The fraction of sp³-hybridized carbons (Fsp3) is 0.462. The van der Waals surface area contributed by atoms with E-state index in [2.05, 4.69) is 27.6 Å². The molecule has 1 unspecified atom stereocenters. The highest BCUT2D eigenvalue weighted by Crippen LogP contribution is 2.25. The van der Waals surface area contributed by atoms with Gasteiger partial charge in [-0.2, -0.15) is 0 Å². The second kappa shape index (κ2) is 6.32. The number of hydrogen-bond donors (Lipinski definition) is 1. The van der Waals surface area contributed by atoms with Gasteiger partial charge in [-0.1, -0.05) is 18.3 Å². The lowest BCUT2D eigenvalue weighted by molar-refractivity contribution is 0.0605. The number of nitrogens with one attached hydrogen (secondary N) is 1. The molecule has 7 heteroatoms. The summed E-state index contributed by atoms with van der Waals surface area (Å²) in [6.45, 7) is 6.65. The van der Waals surface area contributed by atoms with Gasteiger partial charge in [0.2, 0.25) is 0 Å². The Kier molecular flexibility index (Phi) is 4.72. The van der Waals surface area contributed by atoms with E-state index in [-0.39, 0.29) is 5.97 Å². The predicted molar refractivity (Wildman–Crippen MR) is 81.9 cm³/mol. The van der Waals surface area contributed by atoms with Crippen LogP contribution in [0.25, 0.3) is 0 Å². The SMILES string of the molecule is COC(=O)c1sc(NCC(C)c2nc(C)cs2)nc1C. The summed E-state index contributed by atoms with van der Waals surface area (Å²) in [5.74, 6) is -0.0314. The Hall–Kier alpha value is -1.47. The maximum absolute atomic E-state index is 11.5. The number of aryl methyl sites for hydroxylation is 2. The van der Waals surface area contributed by atoms with Gasteiger partial charge in [0.05, 0.1) is 17.8 Å². The van der Waals surface area contributed by atoms with Crippen molar-refractivity contribution in [1.82, 2.24) is 9.97 Å². The molecule has 0 aliphatic rings. The molecule has 108 valence electrons. The van der Waals surface area contributed by atoms with Gasteiger partial charge in [0.1, 0.15) is 4.88 Å². The van der Waals surface area contributed by atoms with E-state index in [0.717, 1.165) is 22.4 Å². The summed E-state index contributed by atoms with van der Waals surface area (Å²) in [6, 6.07) is 0. The van der Waals surface area contributed by atoms with Crippen LogP contribution in [0.15, 0.2) is 5.38 Å². The smallest absolute Gasteiger partial charge is 0.350 e. The van der Waals surface area contributed by atoms with E-state index in [1.54, 1.807) is 11.3 Å². The van der Waals surface area contributed by atoms with Crippen molar-refractivity contribution in [2.24, 2.45) is 0 Å². The minimum Gasteiger partial charge on any atom is -0.465 e. The minimum absolute atomic E-state index is 0.305. The quantitative estimate of drug-likeness (QED) is 0.859. The number of carbonyl (C=O) groups excluding carboxylic acids is 1. The average molecular weight is 311 g/mol. The Balaban J connectivity index is 1.99. The van der Waals surface area contributed by atoms with Crippen LogP contribution in [0.1, 0.15) is 38.9 Å². The summed E-state index contributed by atoms with van der Waals surface area (Å²) in [5, 5.41) is 7.16. The van der Waals surface area contributed by atoms with Crippen LogP contribution in [-0.2, 0) is 4.74 Å². The summed E-state index contributed by atoms with van der Waals surface area (Å²) < 4.78 is 4.72. The Labute approximate surface area is 126 Å². The van der Waals surface area contributed by atoms with Crippen molar-refractivity contribution >= 4 is 33.8 Å². The Morgan fingerprint density at radius 3 is 2.80 bits per heavy atom. The van der Waals surface area contributed by atoms with Crippen LogP contribution in [0.2, 0.25) is 0 Å². The molecule has 2 aromatic rings. The van der Waals surface area contributed by atoms with Crippen molar-refractivity contribution in [3.8, 4) is 0 Å². The molecule has 1 atom stereocenters. The highest BCUT2D eigenvalue weighted by Gasteiger charge is 2.16. The first-order chi connectivity index (χ1) is 9.51. The van der Waals surface area contributed by atoms with E-state index in [1.165, 1.54) is 18.4 Å². The van der Waals surface area contributed by atoms with Crippen molar-refractivity contribution in [2.75, 3.05) is 19.0 Å². The van der Waals surface area contributed by atoms with Crippen LogP contribution >= 0.6 is 22.7 Å². The molecule has 5 nitrogen and oxygen atoms in total. The van der Waals surface area contributed by atoms with Crippen molar-refractivity contribution < 1.29 is 9.53 Å². The van der Waals surface area contributed by atoms with Crippen LogP contribution in [0, 0.1) is 13.8 Å². The van der Waals surface area contributed by atoms with Crippen LogP contribution in [0.3, 0.4) is 0 Å². The highest BCUT2D eigenvalue weighted by molar-refractivity contribution is 7.17. The summed E-state index contributed by atoms with van der Waals surface area (Å²) in [4.78, 5) is 20.9. The second-order valence-corrected chi connectivity index (χ2v) is 6.42. The lowest BCUT2D eigenvalue weighted by Crippen LogP contribution is -2.09. The molecule has 0 amide bonds. The molecular formula is C13H17N3O2S2. The summed E-state index contributed by atoms with van der Waals surface area (Å²) in [5.41, 5.74) is 1.75. The van der Waals surface area contributed by atoms with Crippen LogP contribution in [0.5, 0.6) is 0 Å². The number of hydrogen-bond acceptors (Lipinski definition) is 7. The molecule has 2 heterocycles. The fourth-order valence-corrected chi connectivity index (χ4v) is 3.43. The van der Waals surface area contributed by atoms with Gasteiger partial charge in [-0.3, -0.25) is 0 Å². The first-order valence-corrected chi connectivity index (χ1v) is 7.92. The molecule has 0 spiro atoms. The van der Waals surface area contributed by atoms with Gasteiger partial charge >= 0.3 is 5.97 Å². The first-order valence-electron chi connectivity index (χ1n) is 6.23. The number of esters is 1. The number of ether oxygens (including phenoxy) is 1. The molecule has 0 bridgehead atoms. The molecule has 20 heavy (non-hydrogen) atoms. The molecular weight excluding hydrogens is 294 g/mol. The number of nitrogens with zero attached hydrogens (tertiary/aromatic N) is 2. The van der Waals surface area contributed by atoms with E-state index in [4.69, 9.17) is 4.74 Å². The van der Waals surface area contributed by atoms with Crippen LogP contribution < -0.4 is 5.32 Å². The van der Waals surface area contributed by atoms with Crippen molar-refractivity contribution in [3.63, 3.8) is 0 Å². The average Bonchev–Trinajstić information content (AvgIpc) is 3.01. The normalized spacial score (nSPS) is 12.2. The van der Waals surface area contributed by atoms with Gasteiger partial charge in [0, 0.05) is 23.5 Å². The van der Waals surface area contributed by atoms with Crippen LogP contribution in [-0.4, -0.2) is 29.6 Å². The van der Waals surface area contributed by atoms with Gasteiger partial charge < -0.3 is 10.1 Å². The van der Waals surface area contributed by atoms with E-state index in [0.29, 0.717) is 16.5 Å². The molecule has 0 saturated heterocycles. The van der Waals surface area contributed by atoms with Crippen LogP contribution in [0.4, 0.5) is 5.13 Å². The largest absolute Gasteiger partial charge is 0.465 e. The molecule has 0 aliphatic heterocycles. The lowest BCUT2D eigenvalue weighted by atomic mass is 10.2. The van der Waals surface area contributed by atoms with E-state index < -0.39 is 0 Å². The molecule has 0 saturated carbocycles. The zero-order chi connectivity index (χ0) is 14.7. The van der Waals surface area contributed by atoms with Crippen molar-refractivity contribution in [1.29, 1.82) is 0 Å². The first kappa shape index (κ1) is 14.9. The number of anilines is 1. The summed E-state index contributed by atoms with van der Waals surface area (Å²) >= 11 is 2.99. The number of rotatable bonds is 5. The van der Waals surface area contributed by atoms with E-state index in [1.807, 2.05) is 13.8 Å². The van der Waals surface area contributed by atoms with Crippen molar-refractivity contribution in [3.05, 3.63) is 26.7 Å². The topological polar surface area (TPSA) is 64.1 Å². The lowest BCUT2D eigenvalue weighted by Gasteiger charge is -2.08. The molecule has 2 aromatic heterocycles. The van der Waals surface area contributed by atoms with E-state index >= 15 is 0 Å². The number of aromatic nitrogens is 2.